The van der Waals surface area contributed by atoms with E-state index < -0.39 is 0 Å². The highest BCUT2D eigenvalue weighted by atomic mass is 16.5. The van der Waals surface area contributed by atoms with Gasteiger partial charge < -0.3 is 4.74 Å². The average molecular weight is 156 g/mol. The van der Waals surface area contributed by atoms with E-state index in [1.807, 2.05) is 6.92 Å². The first kappa shape index (κ1) is 8.57. The number of ether oxygens (including phenoxy) is 1. The number of rotatable bonds is 2. The van der Waals surface area contributed by atoms with Crippen molar-refractivity contribution in [3.05, 3.63) is 0 Å². The molecular formula is C9H16O2. The van der Waals surface area contributed by atoms with Crippen molar-refractivity contribution in [2.24, 2.45) is 5.92 Å². The molecule has 2 nitrogen and oxygen atoms in total. The molecular weight excluding hydrogens is 140 g/mol. The summed E-state index contributed by atoms with van der Waals surface area (Å²) in [7, 11) is 0. The van der Waals surface area contributed by atoms with Crippen LogP contribution in [-0.4, -0.2) is 12.1 Å². The minimum absolute atomic E-state index is 0.00491. The largest absolute Gasteiger partial charge is 0.462 e. The second-order valence-corrected chi connectivity index (χ2v) is 3.33. The van der Waals surface area contributed by atoms with Gasteiger partial charge in [-0.05, 0) is 19.3 Å². The van der Waals surface area contributed by atoms with Gasteiger partial charge in [-0.3, -0.25) is 4.79 Å². The summed E-state index contributed by atoms with van der Waals surface area (Å²) in [5, 5.41) is 0. The number of esters is 1. The number of hydrogen-bond acceptors (Lipinski definition) is 2. The van der Waals surface area contributed by atoms with Gasteiger partial charge in [-0.15, -0.1) is 0 Å². The quantitative estimate of drug-likeness (QED) is 0.572. The van der Waals surface area contributed by atoms with Crippen LogP contribution in [0, 0.1) is 5.92 Å². The molecule has 1 fully saturated rings. The van der Waals surface area contributed by atoms with Crippen LogP contribution in [-0.2, 0) is 9.53 Å². The van der Waals surface area contributed by atoms with E-state index in [4.69, 9.17) is 4.74 Å². The van der Waals surface area contributed by atoms with Crippen molar-refractivity contribution in [3.63, 3.8) is 0 Å². The standard InChI is InChI=1S/C9H16O2/c1-3-4-8-6-5-7(2)9(10)11-8/h7-8H,3-6H2,1-2H3/t7-,8+/m1/s1. The van der Waals surface area contributed by atoms with Gasteiger partial charge in [-0.2, -0.15) is 0 Å². The van der Waals surface area contributed by atoms with Crippen LogP contribution < -0.4 is 0 Å². The molecule has 0 radical (unpaired) electrons. The lowest BCUT2D eigenvalue weighted by molar-refractivity contribution is -0.159. The van der Waals surface area contributed by atoms with E-state index >= 15 is 0 Å². The van der Waals surface area contributed by atoms with Gasteiger partial charge >= 0.3 is 5.97 Å². The van der Waals surface area contributed by atoms with E-state index in [0.29, 0.717) is 0 Å². The lowest BCUT2D eigenvalue weighted by Crippen LogP contribution is -2.29. The molecule has 2 atom stereocenters. The maximum Gasteiger partial charge on any atom is 0.308 e. The third-order valence-electron chi connectivity index (χ3n) is 2.22. The minimum Gasteiger partial charge on any atom is -0.462 e. The van der Waals surface area contributed by atoms with E-state index in [9.17, 15) is 4.79 Å². The molecule has 0 N–H and O–H groups in total. The molecule has 0 aliphatic carbocycles. The van der Waals surface area contributed by atoms with Crippen molar-refractivity contribution in [1.82, 2.24) is 0 Å². The van der Waals surface area contributed by atoms with E-state index in [2.05, 4.69) is 6.92 Å². The van der Waals surface area contributed by atoms with Crippen molar-refractivity contribution in [2.75, 3.05) is 0 Å². The smallest absolute Gasteiger partial charge is 0.308 e. The highest BCUT2D eigenvalue weighted by molar-refractivity contribution is 5.72. The Morgan fingerprint density at radius 2 is 2.27 bits per heavy atom. The zero-order valence-corrected chi connectivity index (χ0v) is 7.30. The van der Waals surface area contributed by atoms with Gasteiger partial charge in [0.1, 0.15) is 6.10 Å². The fraction of sp³-hybridized carbons (Fsp3) is 0.889. The Morgan fingerprint density at radius 1 is 1.55 bits per heavy atom. The highest BCUT2D eigenvalue weighted by Gasteiger charge is 2.25. The van der Waals surface area contributed by atoms with Crippen LogP contribution in [0.1, 0.15) is 39.5 Å². The highest BCUT2D eigenvalue weighted by Crippen LogP contribution is 2.22. The Bertz CT molecular complexity index is 142. The predicted octanol–water partition coefficient (Wildman–Crippen LogP) is 2.13. The van der Waals surface area contributed by atoms with Crippen molar-refractivity contribution in [3.8, 4) is 0 Å². The molecule has 0 saturated carbocycles. The molecule has 0 spiro atoms. The Hall–Kier alpha value is -0.530. The van der Waals surface area contributed by atoms with Crippen molar-refractivity contribution >= 4 is 5.97 Å². The summed E-state index contributed by atoms with van der Waals surface area (Å²) in [6, 6.07) is 0. The van der Waals surface area contributed by atoms with Gasteiger partial charge in [0.15, 0.2) is 0 Å². The van der Waals surface area contributed by atoms with Crippen LogP contribution in [0.25, 0.3) is 0 Å². The SMILES string of the molecule is CCC[C@H]1CC[C@@H](C)C(=O)O1. The first-order valence-corrected chi connectivity index (χ1v) is 4.44. The van der Waals surface area contributed by atoms with Gasteiger partial charge in [0.05, 0.1) is 5.92 Å². The van der Waals surface area contributed by atoms with Crippen LogP contribution in [0.3, 0.4) is 0 Å². The number of hydrogen-bond donors (Lipinski definition) is 0. The van der Waals surface area contributed by atoms with Gasteiger partial charge in [0.2, 0.25) is 0 Å². The van der Waals surface area contributed by atoms with Gasteiger partial charge in [0.25, 0.3) is 0 Å². The Kier molecular flexibility index (Phi) is 2.92. The van der Waals surface area contributed by atoms with Gasteiger partial charge in [-0.1, -0.05) is 20.3 Å². The summed E-state index contributed by atoms with van der Waals surface area (Å²) in [6.07, 6.45) is 4.40. The molecule has 1 aliphatic rings. The third kappa shape index (κ3) is 2.21. The second kappa shape index (κ2) is 3.74. The third-order valence-corrected chi connectivity index (χ3v) is 2.22. The van der Waals surface area contributed by atoms with Crippen molar-refractivity contribution < 1.29 is 9.53 Å². The lowest BCUT2D eigenvalue weighted by Gasteiger charge is -2.25. The van der Waals surface area contributed by atoms with Crippen LogP contribution in [0.5, 0.6) is 0 Å². The molecule has 11 heavy (non-hydrogen) atoms. The van der Waals surface area contributed by atoms with Gasteiger partial charge in [-0.25, -0.2) is 0 Å². The molecule has 1 aliphatic heterocycles. The first-order valence-electron chi connectivity index (χ1n) is 4.44. The Labute approximate surface area is 67.9 Å². The minimum atomic E-state index is -0.00491. The van der Waals surface area contributed by atoms with Crippen LogP contribution in [0.4, 0.5) is 0 Å². The van der Waals surface area contributed by atoms with E-state index in [1.54, 1.807) is 0 Å². The molecule has 0 aromatic carbocycles. The summed E-state index contributed by atoms with van der Waals surface area (Å²) >= 11 is 0. The number of carbonyl (C=O) groups excluding carboxylic acids is 1. The van der Waals surface area contributed by atoms with E-state index in [1.165, 1.54) is 0 Å². The maximum absolute atomic E-state index is 11.1. The molecule has 1 rings (SSSR count). The molecule has 0 unspecified atom stereocenters. The van der Waals surface area contributed by atoms with E-state index in [0.717, 1.165) is 25.7 Å². The second-order valence-electron chi connectivity index (χ2n) is 3.33. The summed E-state index contributed by atoms with van der Waals surface area (Å²) in [6.45, 7) is 4.05. The zero-order valence-electron chi connectivity index (χ0n) is 7.30. The van der Waals surface area contributed by atoms with Crippen LogP contribution in [0.15, 0.2) is 0 Å². The Morgan fingerprint density at radius 3 is 2.82 bits per heavy atom. The fourth-order valence-corrected chi connectivity index (χ4v) is 1.42. The molecule has 0 bridgehead atoms. The zero-order chi connectivity index (χ0) is 8.27. The maximum atomic E-state index is 11.1. The fourth-order valence-electron chi connectivity index (χ4n) is 1.42. The molecule has 64 valence electrons. The van der Waals surface area contributed by atoms with Gasteiger partial charge in [0, 0.05) is 0 Å². The average Bonchev–Trinajstić information content (AvgIpc) is 1.98. The monoisotopic (exact) mass is 156 g/mol. The molecule has 1 heterocycles. The normalized spacial score (nSPS) is 31.6. The summed E-state index contributed by atoms with van der Waals surface area (Å²) in [4.78, 5) is 11.1. The molecule has 0 aromatic rings. The molecule has 0 amide bonds. The molecule has 1 saturated heterocycles. The predicted molar refractivity (Wildman–Crippen MR) is 43.2 cm³/mol. The summed E-state index contributed by atoms with van der Waals surface area (Å²) < 4.78 is 5.20. The summed E-state index contributed by atoms with van der Waals surface area (Å²) in [5.41, 5.74) is 0. The lowest BCUT2D eigenvalue weighted by atomic mass is 9.97. The first-order chi connectivity index (χ1) is 5.24. The Balaban J connectivity index is 2.34. The van der Waals surface area contributed by atoms with Crippen molar-refractivity contribution in [2.45, 2.75) is 45.6 Å². The molecule has 2 heteroatoms. The van der Waals surface area contributed by atoms with Crippen LogP contribution in [0.2, 0.25) is 0 Å². The van der Waals surface area contributed by atoms with E-state index in [-0.39, 0.29) is 18.0 Å². The molecule has 0 aromatic heterocycles. The topological polar surface area (TPSA) is 26.3 Å². The van der Waals surface area contributed by atoms with Crippen molar-refractivity contribution in [1.29, 1.82) is 0 Å². The summed E-state index contributed by atoms with van der Waals surface area (Å²) in [5.74, 6) is 0.123. The number of carbonyl (C=O) groups is 1. The number of cyclic esters (lactones) is 1. The van der Waals surface area contributed by atoms with Crippen LogP contribution >= 0.6 is 0 Å².